The van der Waals surface area contributed by atoms with Crippen LogP contribution >= 0.6 is 0 Å². The van der Waals surface area contributed by atoms with E-state index in [1.165, 1.54) is 11.1 Å². The average Bonchev–Trinajstić information content (AvgIpc) is 3.03. The topological polar surface area (TPSA) is 38.1 Å². The quantitative estimate of drug-likeness (QED) is 0.697. The first-order chi connectivity index (χ1) is 12.5. The molecule has 4 nitrogen and oxygen atoms in total. The Balaban J connectivity index is 1.96. The van der Waals surface area contributed by atoms with E-state index in [0.29, 0.717) is 0 Å². The molecule has 3 aromatic rings. The molecule has 0 spiro atoms. The minimum Gasteiger partial charge on any atom is -0.347 e. The number of benzene rings is 2. The van der Waals surface area contributed by atoms with Crippen molar-refractivity contribution in [1.29, 1.82) is 0 Å². The number of aromatic nitrogens is 2. The van der Waals surface area contributed by atoms with E-state index >= 15 is 0 Å². The van der Waals surface area contributed by atoms with E-state index in [9.17, 15) is 4.79 Å². The first kappa shape index (κ1) is 17.9. The molecule has 0 saturated heterocycles. The van der Waals surface area contributed by atoms with Crippen molar-refractivity contribution < 1.29 is 4.79 Å². The van der Waals surface area contributed by atoms with E-state index in [4.69, 9.17) is 5.10 Å². The van der Waals surface area contributed by atoms with Gasteiger partial charge in [-0.15, -0.1) is 0 Å². The number of rotatable bonds is 5. The molecule has 1 heterocycles. The maximum Gasteiger partial charge on any atom is 0.246 e. The van der Waals surface area contributed by atoms with Gasteiger partial charge in [0.05, 0.1) is 5.69 Å². The Morgan fingerprint density at radius 1 is 1.08 bits per heavy atom. The van der Waals surface area contributed by atoms with E-state index in [2.05, 4.69) is 42.5 Å². The van der Waals surface area contributed by atoms with Gasteiger partial charge in [-0.2, -0.15) is 5.10 Å². The zero-order valence-corrected chi connectivity index (χ0v) is 15.8. The summed E-state index contributed by atoms with van der Waals surface area (Å²) < 4.78 is 1.77. The zero-order valence-electron chi connectivity index (χ0n) is 15.8. The Morgan fingerprint density at radius 3 is 2.42 bits per heavy atom. The van der Waals surface area contributed by atoms with Crippen LogP contribution in [0.15, 0.2) is 60.8 Å². The second kappa shape index (κ2) is 7.56. The minimum atomic E-state index is -0.321. The van der Waals surface area contributed by atoms with Crippen molar-refractivity contribution in [3.05, 3.63) is 77.5 Å². The summed E-state index contributed by atoms with van der Waals surface area (Å²) in [5.74, 6) is 0.0385. The molecule has 3 rings (SSSR count). The molecule has 1 aromatic heterocycles. The van der Waals surface area contributed by atoms with Crippen molar-refractivity contribution in [3.63, 3.8) is 0 Å². The normalized spacial score (nSPS) is 12.0. The zero-order chi connectivity index (χ0) is 18.7. The SMILES string of the molecule is Cc1cn(C(C)C(=O)N(C)C)nc1-c1ccccc1Cc1ccccc1. The number of likely N-dealkylation sites (N-methyl/N-ethyl adjacent to an activating group) is 1. The number of carbonyl (C=O) groups is 1. The number of hydrogen-bond acceptors (Lipinski definition) is 2. The van der Waals surface area contributed by atoms with Crippen LogP contribution < -0.4 is 0 Å². The predicted molar refractivity (Wildman–Crippen MR) is 105 cm³/mol. The summed E-state index contributed by atoms with van der Waals surface area (Å²) in [7, 11) is 3.54. The van der Waals surface area contributed by atoms with Crippen LogP contribution in [0.2, 0.25) is 0 Å². The Morgan fingerprint density at radius 2 is 1.73 bits per heavy atom. The van der Waals surface area contributed by atoms with Gasteiger partial charge in [0, 0.05) is 25.9 Å². The fourth-order valence-electron chi connectivity index (χ4n) is 3.16. The van der Waals surface area contributed by atoms with Crippen LogP contribution in [0.5, 0.6) is 0 Å². The van der Waals surface area contributed by atoms with Crippen LogP contribution in [0.4, 0.5) is 0 Å². The van der Waals surface area contributed by atoms with Crippen molar-refractivity contribution in [3.8, 4) is 11.3 Å². The lowest BCUT2D eigenvalue weighted by molar-refractivity contribution is -0.131. The van der Waals surface area contributed by atoms with Crippen LogP contribution in [0, 0.1) is 6.92 Å². The Kier molecular flexibility index (Phi) is 5.21. The monoisotopic (exact) mass is 347 g/mol. The molecule has 134 valence electrons. The first-order valence-electron chi connectivity index (χ1n) is 8.86. The molecule has 26 heavy (non-hydrogen) atoms. The number of nitrogens with zero attached hydrogens (tertiary/aromatic N) is 3. The molecule has 1 unspecified atom stereocenters. The van der Waals surface area contributed by atoms with Crippen molar-refractivity contribution in [2.75, 3.05) is 14.1 Å². The molecule has 0 saturated carbocycles. The lowest BCUT2D eigenvalue weighted by Gasteiger charge is -2.17. The Labute approximate surface area is 155 Å². The first-order valence-corrected chi connectivity index (χ1v) is 8.86. The van der Waals surface area contributed by atoms with E-state index in [1.807, 2.05) is 32.2 Å². The minimum absolute atomic E-state index is 0.0385. The van der Waals surface area contributed by atoms with Gasteiger partial charge >= 0.3 is 0 Å². The highest BCUT2D eigenvalue weighted by Crippen LogP contribution is 2.28. The number of aryl methyl sites for hydroxylation is 1. The Hall–Kier alpha value is -2.88. The molecule has 0 aliphatic carbocycles. The summed E-state index contributed by atoms with van der Waals surface area (Å²) in [6.07, 6.45) is 2.82. The van der Waals surface area contributed by atoms with Gasteiger partial charge in [-0.25, -0.2) is 0 Å². The average molecular weight is 347 g/mol. The summed E-state index contributed by atoms with van der Waals surface area (Å²) >= 11 is 0. The van der Waals surface area contributed by atoms with Gasteiger partial charge in [0.25, 0.3) is 0 Å². The number of amides is 1. The van der Waals surface area contributed by atoms with Crippen molar-refractivity contribution in [2.24, 2.45) is 0 Å². The van der Waals surface area contributed by atoms with Gasteiger partial charge in [0.1, 0.15) is 6.04 Å². The van der Waals surface area contributed by atoms with Crippen LogP contribution in [0.25, 0.3) is 11.3 Å². The van der Waals surface area contributed by atoms with Gasteiger partial charge in [0.15, 0.2) is 0 Å². The van der Waals surface area contributed by atoms with Gasteiger partial charge < -0.3 is 4.90 Å². The molecule has 1 atom stereocenters. The summed E-state index contributed by atoms with van der Waals surface area (Å²) in [6, 6.07) is 18.5. The standard InChI is InChI=1S/C22H25N3O/c1-16-15-25(17(2)22(26)24(3)4)23-21(16)20-13-9-8-12-19(20)14-18-10-6-5-7-11-18/h5-13,15,17H,14H2,1-4H3. The molecule has 2 aromatic carbocycles. The molecule has 0 bridgehead atoms. The maximum absolute atomic E-state index is 12.3. The molecule has 0 aliphatic heterocycles. The van der Waals surface area contributed by atoms with Gasteiger partial charge in [0.2, 0.25) is 5.91 Å². The highest BCUT2D eigenvalue weighted by atomic mass is 16.2. The summed E-state index contributed by atoms with van der Waals surface area (Å²) in [5, 5.41) is 4.75. The molecular formula is C22H25N3O. The third kappa shape index (κ3) is 3.69. The van der Waals surface area contributed by atoms with Crippen LogP contribution in [-0.2, 0) is 11.2 Å². The Bertz CT molecular complexity index is 897. The summed E-state index contributed by atoms with van der Waals surface area (Å²) in [4.78, 5) is 13.9. The smallest absolute Gasteiger partial charge is 0.246 e. The van der Waals surface area contributed by atoms with Gasteiger partial charge in [-0.05, 0) is 37.0 Å². The van der Waals surface area contributed by atoms with Crippen LogP contribution in [-0.4, -0.2) is 34.7 Å². The van der Waals surface area contributed by atoms with Crippen molar-refractivity contribution in [1.82, 2.24) is 14.7 Å². The van der Waals surface area contributed by atoms with Gasteiger partial charge in [-0.3, -0.25) is 9.48 Å². The van der Waals surface area contributed by atoms with Gasteiger partial charge in [-0.1, -0.05) is 54.6 Å². The second-order valence-electron chi connectivity index (χ2n) is 6.87. The fraction of sp³-hybridized carbons (Fsp3) is 0.273. The highest BCUT2D eigenvalue weighted by molar-refractivity contribution is 5.79. The molecule has 0 fully saturated rings. The second-order valence-corrected chi connectivity index (χ2v) is 6.87. The molecule has 4 heteroatoms. The number of carbonyl (C=O) groups excluding carboxylic acids is 1. The summed E-state index contributed by atoms with van der Waals surface area (Å²) in [6.45, 7) is 3.93. The predicted octanol–water partition coefficient (Wildman–Crippen LogP) is 4.10. The number of hydrogen-bond donors (Lipinski definition) is 0. The fourth-order valence-corrected chi connectivity index (χ4v) is 3.16. The van der Waals surface area contributed by atoms with Crippen LogP contribution in [0.3, 0.4) is 0 Å². The third-order valence-corrected chi connectivity index (χ3v) is 4.62. The largest absolute Gasteiger partial charge is 0.347 e. The molecule has 0 aliphatic rings. The van der Waals surface area contributed by atoms with E-state index in [-0.39, 0.29) is 11.9 Å². The van der Waals surface area contributed by atoms with E-state index in [1.54, 1.807) is 23.7 Å². The lowest BCUT2D eigenvalue weighted by atomic mass is 9.97. The summed E-state index contributed by atoms with van der Waals surface area (Å²) in [5.41, 5.74) is 5.64. The molecular weight excluding hydrogens is 322 g/mol. The maximum atomic E-state index is 12.3. The van der Waals surface area contributed by atoms with Crippen molar-refractivity contribution in [2.45, 2.75) is 26.3 Å². The van der Waals surface area contributed by atoms with E-state index < -0.39 is 0 Å². The van der Waals surface area contributed by atoms with Crippen molar-refractivity contribution >= 4 is 5.91 Å². The van der Waals surface area contributed by atoms with E-state index in [0.717, 1.165) is 23.2 Å². The molecule has 0 N–H and O–H groups in total. The molecule has 1 amide bonds. The lowest BCUT2D eigenvalue weighted by Crippen LogP contribution is -2.30. The third-order valence-electron chi connectivity index (χ3n) is 4.62. The highest BCUT2D eigenvalue weighted by Gasteiger charge is 2.20. The van der Waals surface area contributed by atoms with Crippen LogP contribution in [0.1, 0.15) is 29.7 Å². The molecule has 0 radical (unpaired) electrons.